The first-order chi connectivity index (χ1) is 9.99. The van der Waals surface area contributed by atoms with Gasteiger partial charge in [0.05, 0.1) is 0 Å². The van der Waals surface area contributed by atoms with Crippen LogP contribution in [0.3, 0.4) is 0 Å². The van der Waals surface area contributed by atoms with Crippen LogP contribution in [0.25, 0.3) is 0 Å². The van der Waals surface area contributed by atoms with Crippen molar-refractivity contribution < 1.29 is 9.59 Å². The average molecular weight is 295 g/mol. The summed E-state index contributed by atoms with van der Waals surface area (Å²) in [5, 5.41) is 0. The van der Waals surface area contributed by atoms with Crippen molar-refractivity contribution in [3.05, 3.63) is 36.4 Å². The highest BCUT2D eigenvalue weighted by Crippen LogP contribution is 2.03. The van der Waals surface area contributed by atoms with Crippen molar-refractivity contribution in [2.45, 2.75) is 60.3 Å². The molecule has 0 bridgehead atoms. The lowest BCUT2D eigenvalue weighted by Gasteiger charge is -2.01. The number of rotatable bonds is 4. The SMILES string of the molecule is CC=O.CCC(C)CC(N)=O.CCCC.c1ccccc1. The molecule has 3 heteroatoms. The van der Waals surface area contributed by atoms with Crippen LogP contribution < -0.4 is 5.73 Å². The van der Waals surface area contributed by atoms with E-state index >= 15 is 0 Å². The van der Waals surface area contributed by atoms with Crippen molar-refractivity contribution >= 4 is 12.2 Å². The van der Waals surface area contributed by atoms with E-state index in [0.29, 0.717) is 12.3 Å². The molecule has 0 aliphatic carbocycles. The van der Waals surface area contributed by atoms with Crippen molar-refractivity contribution in [2.75, 3.05) is 0 Å². The van der Waals surface area contributed by atoms with Gasteiger partial charge in [0, 0.05) is 6.42 Å². The molecule has 1 aromatic carbocycles. The van der Waals surface area contributed by atoms with Crippen LogP contribution in [0.5, 0.6) is 0 Å². The van der Waals surface area contributed by atoms with Crippen molar-refractivity contribution in [2.24, 2.45) is 11.7 Å². The summed E-state index contributed by atoms with van der Waals surface area (Å²) in [7, 11) is 0. The predicted octanol–water partition coefficient (Wildman–Crippen LogP) is 4.61. The molecule has 0 saturated carbocycles. The van der Waals surface area contributed by atoms with Crippen molar-refractivity contribution in [3.63, 3.8) is 0 Å². The molecule has 1 amide bonds. The van der Waals surface area contributed by atoms with E-state index in [1.807, 2.05) is 50.2 Å². The molecule has 21 heavy (non-hydrogen) atoms. The smallest absolute Gasteiger partial charge is 0.217 e. The minimum atomic E-state index is -0.195. The van der Waals surface area contributed by atoms with Crippen molar-refractivity contribution in [1.82, 2.24) is 0 Å². The Morgan fingerprint density at radius 2 is 1.29 bits per heavy atom. The highest BCUT2D eigenvalue weighted by molar-refractivity contribution is 5.73. The molecule has 0 fully saturated rings. The highest BCUT2D eigenvalue weighted by atomic mass is 16.1. The van der Waals surface area contributed by atoms with E-state index in [1.165, 1.54) is 19.8 Å². The van der Waals surface area contributed by atoms with Gasteiger partial charge in [-0.25, -0.2) is 0 Å². The summed E-state index contributed by atoms with van der Waals surface area (Å²) >= 11 is 0. The summed E-state index contributed by atoms with van der Waals surface area (Å²) < 4.78 is 0. The maximum atomic E-state index is 10.2. The Morgan fingerprint density at radius 1 is 1.00 bits per heavy atom. The van der Waals surface area contributed by atoms with Crippen LogP contribution in [0.2, 0.25) is 0 Å². The summed E-state index contributed by atoms with van der Waals surface area (Å²) in [4.78, 5) is 19.0. The van der Waals surface area contributed by atoms with Gasteiger partial charge in [-0.3, -0.25) is 4.79 Å². The number of aldehydes is 1. The Morgan fingerprint density at radius 3 is 1.38 bits per heavy atom. The van der Waals surface area contributed by atoms with Gasteiger partial charge >= 0.3 is 0 Å². The van der Waals surface area contributed by atoms with Gasteiger partial charge in [0.15, 0.2) is 0 Å². The van der Waals surface area contributed by atoms with Gasteiger partial charge in [0.25, 0.3) is 0 Å². The van der Waals surface area contributed by atoms with E-state index in [1.54, 1.807) is 0 Å². The predicted molar refractivity (Wildman–Crippen MR) is 92.0 cm³/mol. The number of primary amides is 1. The molecule has 0 radical (unpaired) electrons. The second-order valence-electron chi connectivity index (χ2n) is 4.57. The molecule has 2 N–H and O–H groups in total. The number of amides is 1. The van der Waals surface area contributed by atoms with Gasteiger partial charge in [-0.05, 0) is 12.8 Å². The molecule has 1 unspecified atom stereocenters. The van der Waals surface area contributed by atoms with E-state index < -0.39 is 0 Å². The molecule has 0 aliphatic heterocycles. The van der Waals surface area contributed by atoms with E-state index in [4.69, 9.17) is 10.5 Å². The first kappa shape index (κ1) is 24.4. The van der Waals surface area contributed by atoms with Crippen molar-refractivity contribution in [1.29, 1.82) is 0 Å². The molecule has 0 saturated heterocycles. The van der Waals surface area contributed by atoms with Gasteiger partial charge in [-0.1, -0.05) is 83.4 Å². The number of nitrogens with two attached hydrogens (primary N) is 1. The summed E-state index contributed by atoms with van der Waals surface area (Å²) in [5.41, 5.74) is 4.93. The van der Waals surface area contributed by atoms with Crippen LogP contribution in [0.1, 0.15) is 60.3 Å². The summed E-state index contributed by atoms with van der Waals surface area (Å²) in [5.74, 6) is 0.256. The number of hydrogen-bond donors (Lipinski definition) is 1. The zero-order chi connectivity index (χ0) is 16.9. The second-order valence-corrected chi connectivity index (χ2v) is 4.57. The molecule has 1 rings (SSSR count). The van der Waals surface area contributed by atoms with Crippen LogP contribution in [0, 0.1) is 5.92 Å². The van der Waals surface area contributed by atoms with Gasteiger partial charge in [0.2, 0.25) is 5.91 Å². The average Bonchev–Trinajstić information content (AvgIpc) is 2.50. The summed E-state index contributed by atoms with van der Waals surface area (Å²) in [6.45, 7) is 9.87. The Kier molecular flexibility index (Phi) is 27.2. The zero-order valence-corrected chi connectivity index (χ0v) is 14.3. The molecular weight excluding hydrogens is 262 g/mol. The third kappa shape index (κ3) is 38.1. The molecule has 0 aromatic heterocycles. The maximum Gasteiger partial charge on any atom is 0.217 e. The summed E-state index contributed by atoms with van der Waals surface area (Å²) in [6, 6.07) is 12.0. The fourth-order valence-electron chi connectivity index (χ4n) is 0.873. The first-order valence-corrected chi connectivity index (χ1v) is 7.67. The topological polar surface area (TPSA) is 60.2 Å². The van der Waals surface area contributed by atoms with E-state index in [2.05, 4.69) is 13.8 Å². The standard InChI is InChI=1S/C6H13NO.C6H6.C4H10.C2H4O/c1-3-5(2)4-6(7)8;1-2-4-6-5-3-1;1-3-4-2;1-2-3/h5H,3-4H2,1-2H3,(H2,7,8);1-6H;3-4H2,1-2H3;2H,1H3. The molecular formula is C18H33NO2. The van der Waals surface area contributed by atoms with Crippen LogP contribution in [0.15, 0.2) is 36.4 Å². The lowest BCUT2D eigenvalue weighted by Crippen LogP contribution is -2.13. The monoisotopic (exact) mass is 295 g/mol. The van der Waals surface area contributed by atoms with Crippen LogP contribution >= 0.6 is 0 Å². The Balaban J connectivity index is -0.000000221. The Labute approximate surface area is 130 Å². The third-order valence-electron chi connectivity index (χ3n) is 2.41. The largest absolute Gasteiger partial charge is 0.370 e. The lowest BCUT2D eigenvalue weighted by molar-refractivity contribution is -0.118. The fourth-order valence-corrected chi connectivity index (χ4v) is 0.873. The molecule has 1 atom stereocenters. The van der Waals surface area contributed by atoms with Gasteiger partial charge in [0.1, 0.15) is 6.29 Å². The first-order valence-electron chi connectivity index (χ1n) is 7.67. The third-order valence-corrected chi connectivity index (χ3v) is 2.41. The van der Waals surface area contributed by atoms with E-state index in [-0.39, 0.29) is 5.91 Å². The number of carbonyl (C=O) groups is 2. The maximum absolute atomic E-state index is 10.2. The highest BCUT2D eigenvalue weighted by Gasteiger charge is 2.00. The molecule has 122 valence electrons. The number of hydrogen-bond acceptors (Lipinski definition) is 2. The minimum absolute atomic E-state index is 0.195. The quantitative estimate of drug-likeness (QED) is 0.825. The van der Waals surface area contributed by atoms with Crippen LogP contribution in [-0.2, 0) is 9.59 Å². The number of unbranched alkanes of at least 4 members (excludes halogenated alkanes) is 1. The van der Waals surface area contributed by atoms with Crippen LogP contribution in [0.4, 0.5) is 0 Å². The number of carbonyl (C=O) groups excluding carboxylic acids is 2. The molecule has 0 aliphatic rings. The fraction of sp³-hybridized carbons (Fsp3) is 0.556. The molecule has 0 heterocycles. The molecule has 1 aromatic rings. The van der Waals surface area contributed by atoms with Crippen molar-refractivity contribution in [3.8, 4) is 0 Å². The molecule has 0 spiro atoms. The number of benzene rings is 1. The van der Waals surface area contributed by atoms with Gasteiger partial charge in [-0.15, -0.1) is 0 Å². The lowest BCUT2D eigenvalue weighted by atomic mass is 10.1. The normalized spacial score (nSPS) is 9.38. The van der Waals surface area contributed by atoms with Gasteiger partial charge in [-0.2, -0.15) is 0 Å². The van der Waals surface area contributed by atoms with E-state index in [0.717, 1.165) is 12.7 Å². The van der Waals surface area contributed by atoms with Crippen LogP contribution in [-0.4, -0.2) is 12.2 Å². The zero-order valence-electron chi connectivity index (χ0n) is 14.3. The Bertz CT molecular complexity index is 271. The Hall–Kier alpha value is -1.64. The minimum Gasteiger partial charge on any atom is -0.370 e. The van der Waals surface area contributed by atoms with E-state index in [9.17, 15) is 4.79 Å². The van der Waals surface area contributed by atoms with Gasteiger partial charge < -0.3 is 10.5 Å². The molecule has 3 nitrogen and oxygen atoms in total. The second kappa shape index (κ2) is 23.5. The summed E-state index contributed by atoms with van der Waals surface area (Å²) in [6.07, 6.45) is 4.94.